The first kappa shape index (κ1) is 20.3. The second kappa shape index (κ2) is 9.25. The van der Waals surface area contributed by atoms with Crippen LogP contribution in [0.3, 0.4) is 0 Å². The lowest BCUT2D eigenvalue weighted by Crippen LogP contribution is -2.11. The molecule has 1 nitrogen and oxygen atoms in total. The average molecular weight is 476 g/mol. The summed E-state index contributed by atoms with van der Waals surface area (Å²) < 4.78 is 1.06. The van der Waals surface area contributed by atoms with Crippen molar-refractivity contribution in [2.45, 2.75) is 0 Å². The first-order valence-electron chi connectivity index (χ1n) is 10.7. The van der Waals surface area contributed by atoms with E-state index in [1.54, 1.807) is 0 Å². The fraction of sp³-hybridized carbons (Fsp3) is 0. The van der Waals surface area contributed by atoms with E-state index in [0.29, 0.717) is 0 Å². The minimum atomic E-state index is 1.06. The second-order valence-corrected chi connectivity index (χ2v) is 8.50. The zero-order valence-electron chi connectivity index (χ0n) is 17.5. The van der Waals surface area contributed by atoms with Crippen LogP contribution in [0.15, 0.2) is 138 Å². The van der Waals surface area contributed by atoms with Gasteiger partial charge in [0.1, 0.15) is 0 Å². The molecule has 0 N–H and O–H groups in total. The third kappa shape index (κ3) is 4.10. The summed E-state index contributed by atoms with van der Waals surface area (Å²) in [6.07, 6.45) is 0. The Balaban J connectivity index is 1.76. The van der Waals surface area contributed by atoms with E-state index in [4.69, 9.17) is 0 Å². The Hall–Kier alpha value is -3.62. The molecule has 5 aromatic rings. The van der Waals surface area contributed by atoms with E-state index in [1.807, 2.05) is 0 Å². The molecule has 32 heavy (non-hydrogen) atoms. The van der Waals surface area contributed by atoms with E-state index in [1.165, 1.54) is 22.3 Å². The summed E-state index contributed by atoms with van der Waals surface area (Å²) in [5, 5.41) is 0. The van der Waals surface area contributed by atoms with Gasteiger partial charge in [0.15, 0.2) is 0 Å². The SMILES string of the molecule is Brc1ccc(-c2ccccc2)c(-c2ccccc2N(c2ccccc2)c2ccccc2)c1. The summed E-state index contributed by atoms with van der Waals surface area (Å²) >= 11 is 3.70. The molecule has 0 atom stereocenters. The maximum Gasteiger partial charge on any atom is 0.0540 e. The summed E-state index contributed by atoms with van der Waals surface area (Å²) in [6.45, 7) is 0. The molecule has 5 aromatic carbocycles. The van der Waals surface area contributed by atoms with Crippen molar-refractivity contribution in [3.8, 4) is 22.3 Å². The molecule has 0 aliphatic heterocycles. The van der Waals surface area contributed by atoms with Crippen molar-refractivity contribution in [2.75, 3.05) is 4.90 Å². The molecule has 0 aromatic heterocycles. The first-order chi connectivity index (χ1) is 15.8. The van der Waals surface area contributed by atoms with Crippen molar-refractivity contribution in [3.05, 3.63) is 138 Å². The summed E-state index contributed by atoms with van der Waals surface area (Å²) in [6, 6.07) is 46.8. The third-order valence-electron chi connectivity index (χ3n) is 5.53. The van der Waals surface area contributed by atoms with Crippen LogP contribution >= 0.6 is 15.9 Å². The van der Waals surface area contributed by atoms with Crippen LogP contribution in [-0.2, 0) is 0 Å². The van der Waals surface area contributed by atoms with Gasteiger partial charge in [0.25, 0.3) is 0 Å². The number of halogens is 1. The molecule has 0 spiro atoms. The van der Waals surface area contributed by atoms with E-state index in [-0.39, 0.29) is 0 Å². The van der Waals surface area contributed by atoms with E-state index in [0.717, 1.165) is 21.5 Å². The lowest BCUT2D eigenvalue weighted by molar-refractivity contribution is 1.28. The highest BCUT2D eigenvalue weighted by Gasteiger charge is 2.18. The van der Waals surface area contributed by atoms with Gasteiger partial charge in [-0.1, -0.05) is 107 Å². The molecule has 154 valence electrons. The van der Waals surface area contributed by atoms with Crippen molar-refractivity contribution in [1.29, 1.82) is 0 Å². The number of para-hydroxylation sites is 3. The highest BCUT2D eigenvalue weighted by molar-refractivity contribution is 9.10. The monoisotopic (exact) mass is 475 g/mol. The number of hydrogen-bond acceptors (Lipinski definition) is 1. The zero-order valence-corrected chi connectivity index (χ0v) is 19.1. The number of rotatable bonds is 5. The van der Waals surface area contributed by atoms with E-state index in [2.05, 4.69) is 154 Å². The molecule has 5 rings (SSSR count). The molecule has 0 fully saturated rings. The lowest BCUT2D eigenvalue weighted by Gasteiger charge is -2.28. The van der Waals surface area contributed by atoms with E-state index in [9.17, 15) is 0 Å². The Bertz CT molecular complexity index is 1280. The van der Waals surface area contributed by atoms with Crippen LogP contribution in [0.25, 0.3) is 22.3 Å². The first-order valence-corrected chi connectivity index (χ1v) is 11.5. The average Bonchev–Trinajstić information content (AvgIpc) is 2.86. The van der Waals surface area contributed by atoms with Crippen molar-refractivity contribution in [3.63, 3.8) is 0 Å². The number of benzene rings is 5. The number of nitrogens with zero attached hydrogens (tertiary/aromatic N) is 1. The van der Waals surface area contributed by atoms with Crippen molar-refractivity contribution >= 4 is 33.0 Å². The standard InChI is InChI=1S/C30H22BrN/c31-24-20-21-27(23-12-4-1-5-13-23)29(22-24)28-18-10-11-19-30(28)32(25-14-6-2-7-15-25)26-16-8-3-9-17-26/h1-22H. The minimum Gasteiger partial charge on any atom is -0.310 e. The fourth-order valence-corrected chi connectivity index (χ4v) is 4.45. The highest BCUT2D eigenvalue weighted by Crippen LogP contribution is 2.43. The lowest BCUT2D eigenvalue weighted by atomic mass is 9.93. The van der Waals surface area contributed by atoms with Gasteiger partial charge in [0.05, 0.1) is 5.69 Å². The summed E-state index contributed by atoms with van der Waals surface area (Å²) in [5.74, 6) is 0. The Labute approximate surface area is 197 Å². The maximum atomic E-state index is 3.70. The maximum absolute atomic E-state index is 3.70. The van der Waals surface area contributed by atoms with Gasteiger partial charge in [0.2, 0.25) is 0 Å². The Morgan fingerprint density at radius 2 is 0.969 bits per heavy atom. The topological polar surface area (TPSA) is 3.24 Å². The van der Waals surface area contributed by atoms with Crippen LogP contribution in [0.5, 0.6) is 0 Å². The van der Waals surface area contributed by atoms with Gasteiger partial charge in [-0.3, -0.25) is 0 Å². The summed E-state index contributed by atoms with van der Waals surface area (Å²) in [7, 11) is 0. The second-order valence-electron chi connectivity index (χ2n) is 7.58. The van der Waals surface area contributed by atoms with Gasteiger partial charge in [0, 0.05) is 21.4 Å². The van der Waals surface area contributed by atoms with Crippen molar-refractivity contribution in [1.82, 2.24) is 0 Å². The van der Waals surface area contributed by atoms with Gasteiger partial charge in [-0.25, -0.2) is 0 Å². The zero-order chi connectivity index (χ0) is 21.8. The molecule has 0 aliphatic rings. The molecule has 0 heterocycles. The van der Waals surface area contributed by atoms with Gasteiger partial charge in [-0.05, 0) is 59.2 Å². The summed E-state index contributed by atoms with van der Waals surface area (Å²) in [5.41, 5.74) is 8.18. The highest BCUT2D eigenvalue weighted by atomic mass is 79.9. The fourth-order valence-electron chi connectivity index (χ4n) is 4.09. The van der Waals surface area contributed by atoms with Gasteiger partial charge < -0.3 is 4.90 Å². The Morgan fingerprint density at radius 3 is 1.59 bits per heavy atom. The molecule has 0 amide bonds. The van der Waals surface area contributed by atoms with Gasteiger partial charge in [-0.2, -0.15) is 0 Å². The predicted octanol–water partition coefficient (Wildman–Crippen LogP) is 9.25. The molecule has 0 saturated carbocycles. The van der Waals surface area contributed by atoms with Crippen molar-refractivity contribution < 1.29 is 0 Å². The molecular formula is C30H22BrN. The van der Waals surface area contributed by atoms with Gasteiger partial charge in [-0.15, -0.1) is 0 Å². The molecular weight excluding hydrogens is 454 g/mol. The Kier molecular flexibility index (Phi) is 5.87. The third-order valence-corrected chi connectivity index (χ3v) is 6.02. The minimum absolute atomic E-state index is 1.06. The van der Waals surface area contributed by atoms with Crippen LogP contribution in [-0.4, -0.2) is 0 Å². The molecule has 0 bridgehead atoms. The smallest absolute Gasteiger partial charge is 0.0540 e. The van der Waals surface area contributed by atoms with Crippen LogP contribution in [0, 0.1) is 0 Å². The number of anilines is 3. The molecule has 0 radical (unpaired) electrons. The largest absolute Gasteiger partial charge is 0.310 e. The normalized spacial score (nSPS) is 10.7. The molecule has 0 saturated heterocycles. The van der Waals surface area contributed by atoms with E-state index < -0.39 is 0 Å². The molecule has 0 unspecified atom stereocenters. The molecule has 2 heteroatoms. The Morgan fingerprint density at radius 1 is 0.438 bits per heavy atom. The number of hydrogen-bond donors (Lipinski definition) is 0. The molecule has 0 aliphatic carbocycles. The van der Waals surface area contributed by atoms with E-state index >= 15 is 0 Å². The quantitative estimate of drug-likeness (QED) is 0.244. The predicted molar refractivity (Wildman–Crippen MR) is 140 cm³/mol. The van der Waals surface area contributed by atoms with Crippen molar-refractivity contribution in [2.24, 2.45) is 0 Å². The van der Waals surface area contributed by atoms with Gasteiger partial charge >= 0.3 is 0 Å². The van der Waals surface area contributed by atoms with Crippen LogP contribution in [0.1, 0.15) is 0 Å². The van der Waals surface area contributed by atoms with Crippen LogP contribution < -0.4 is 4.90 Å². The van der Waals surface area contributed by atoms with Crippen LogP contribution in [0.4, 0.5) is 17.1 Å². The van der Waals surface area contributed by atoms with Crippen LogP contribution in [0.2, 0.25) is 0 Å². The summed E-state index contributed by atoms with van der Waals surface area (Å²) in [4.78, 5) is 2.32.